The number of carbonyl (C=O) groups excluding carboxylic acids is 1. The van der Waals surface area contributed by atoms with Crippen LogP contribution in [0.5, 0.6) is 17.2 Å². The minimum Gasteiger partial charge on any atom is -0.490 e. The smallest absolute Gasteiger partial charge is 0.335 e. The third-order valence-corrected chi connectivity index (χ3v) is 2.82. The molecule has 0 N–H and O–H groups in total. The fourth-order valence-corrected chi connectivity index (χ4v) is 1.95. The molecule has 0 aromatic heterocycles. The monoisotopic (exact) mass is 292 g/mol. The molecule has 116 valence electrons. The number of esters is 1. The third-order valence-electron chi connectivity index (χ3n) is 2.82. The number of ether oxygens (including phenoxy) is 3. The first kappa shape index (κ1) is 17.1. The van der Waals surface area contributed by atoms with Gasteiger partial charge in [-0.2, -0.15) is 0 Å². The summed E-state index contributed by atoms with van der Waals surface area (Å²) < 4.78 is 16.7. The molecule has 0 unspecified atom stereocenters. The number of rotatable bonds is 7. The number of benzene rings is 1. The van der Waals surface area contributed by atoms with Gasteiger partial charge in [-0.25, -0.2) is 4.79 Å². The van der Waals surface area contributed by atoms with Crippen molar-refractivity contribution < 1.29 is 19.0 Å². The first-order chi connectivity index (χ1) is 10.0. The van der Waals surface area contributed by atoms with E-state index in [9.17, 15) is 4.79 Å². The Hall–Kier alpha value is -1.97. The van der Waals surface area contributed by atoms with Crippen LogP contribution in [-0.4, -0.2) is 19.2 Å². The molecular weight excluding hydrogens is 268 g/mol. The van der Waals surface area contributed by atoms with E-state index < -0.39 is 5.97 Å². The first-order valence-corrected chi connectivity index (χ1v) is 7.32. The normalized spacial score (nSPS) is 11.0. The van der Waals surface area contributed by atoms with Crippen molar-refractivity contribution in [2.75, 3.05) is 13.2 Å². The van der Waals surface area contributed by atoms with Crippen LogP contribution in [0.15, 0.2) is 24.3 Å². The van der Waals surface area contributed by atoms with Crippen LogP contribution in [0.25, 0.3) is 0 Å². The minimum atomic E-state index is -0.432. The first-order valence-electron chi connectivity index (χ1n) is 7.32. The Balaban J connectivity index is 3.30. The van der Waals surface area contributed by atoms with Crippen LogP contribution in [0.1, 0.15) is 46.1 Å². The Kier molecular flexibility index (Phi) is 6.79. The van der Waals surface area contributed by atoms with Crippen LogP contribution in [-0.2, 0) is 4.79 Å². The van der Waals surface area contributed by atoms with Gasteiger partial charge in [0, 0.05) is 11.6 Å². The molecular formula is C17H24O4. The molecule has 4 heteroatoms. The SMILES string of the molecule is CC=CC(=O)Oc1ccc(C(C)C)c(OCC)c1OCC. The van der Waals surface area contributed by atoms with Crippen molar-refractivity contribution in [1.82, 2.24) is 0 Å². The molecule has 1 aromatic rings. The van der Waals surface area contributed by atoms with Crippen molar-refractivity contribution in [3.8, 4) is 17.2 Å². The van der Waals surface area contributed by atoms with E-state index in [0.717, 1.165) is 5.56 Å². The van der Waals surface area contributed by atoms with Gasteiger partial charge in [0.2, 0.25) is 5.75 Å². The van der Waals surface area contributed by atoms with Gasteiger partial charge in [-0.3, -0.25) is 0 Å². The minimum absolute atomic E-state index is 0.283. The zero-order valence-electron chi connectivity index (χ0n) is 13.4. The topological polar surface area (TPSA) is 44.8 Å². The van der Waals surface area contributed by atoms with Gasteiger partial charge in [0.15, 0.2) is 11.5 Å². The third kappa shape index (κ3) is 4.52. The van der Waals surface area contributed by atoms with Gasteiger partial charge in [0.05, 0.1) is 13.2 Å². The second kappa shape index (κ2) is 8.35. The van der Waals surface area contributed by atoms with E-state index in [-0.39, 0.29) is 5.92 Å². The Morgan fingerprint density at radius 3 is 2.29 bits per heavy atom. The molecule has 0 saturated heterocycles. The average molecular weight is 292 g/mol. The molecule has 0 atom stereocenters. The van der Waals surface area contributed by atoms with Gasteiger partial charge in [-0.05, 0) is 32.8 Å². The van der Waals surface area contributed by atoms with Gasteiger partial charge in [0.25, 0.3) is 0 Å². The summed E-state index contributed by atoms with van der Waals surface area (Å²) in [4.78, 5) is 11.7. The Labute approximate surface area is 126 Å². The van der Waals surface area contributed by atoms with Crippen LogP contribution in [0.4, 0.5) is 0 Å². The molecule has 0 bridgehead atoms. The molecule has 1 rings (SSSR count). The fourth-order valence-electron chi connectivity index (χ4n) is 1.95. The molecule has 1 aromatic carbocycles. The van der Waals surface area contributed by atoms with E-state index in [0.29, 0.717) is 30.5 Å². The van der Waals surface area contributed by atoms with Crippen molar-refractivity contribution in [2.45, 2.75) is 40.5 Å². The van der Waals surface area contributed by atoms with Gasteiger partial charge in [0.1, 0.15) is 0 Å². The molecule has 0 fully saturated rings. The fraction of sp³-hybridized carbons (Fsp3) is 0.471. The van der Waals surface area contributed by atoms with Crippen LogP contribution in [0.2, 0.25) is 0 Å². The second-order valence-electron chi connectivity index (χ2n) is 4.75. The van der Waals surface area contributed by atoms with E-state index >= 15 is 0 Å². The molecule has 0 aliphatic carbocycles. The zero-order valence-corrected chi connectivity index (χ0v) is 13.4. The van der Waals surface area contributed by atoms with E-state index in [1.54, 1.807) is 19.1 Å². The standard InChI is InChI=1S/C17H24O4/c1-6-9-15(18)21-14-11-10-13(12(4)5)16(19-7-2)17(14)20-8-3/h6,9-12H,7-8H2,1-5H3. The van der Waals surface area contributed by atoms with E-state index in [1.165, 1.54) is 6.08 Å². The van der Waals surface area contributed by atoms with Crippen molar-refractivity contribution in [3.63, 3.8) is 0 Å². The lowest BCUT2D eigenvalue weighted by molar-refractivity contribution is -0.129. The predicted molar refractivity (Wildman–Crippen MR) is 83.3 cm³/mol. The Morgan fingerprint density at radius 1 is 1.14 bits per heavy atom. The van der Waals surface area contributed by atoms with Gasteiger partial charge >= 0.3 is 5.97 Å². The number of allylic oxidation sites excluding steroid dienone is 1. The maximum Gasteiger partial charge on any atom is 0.335 e. The average Bonchev–Trinajstić information content (AvgIpc) is 2.42. The van der Waals surface area contributed by atoms with Crippen LogP contribution < -0.4 is 14.2 Å². The summed E-state index contributed by atoms with van der Waals surface area (Å²) in [7, 11) is 0. The van der Waals surface area contributed by atoms with Crippen LogP contribution in [0, 0.1) is 0 Å². The summed E-state index contributed by atoms with van der Waals surface area (Å²) in [6.45, 7) is 10.7. The number of hydrogen-bond donors (Lipinski definition) is 0. The largest absolute Gasteiger partial charge is 0.490 e. The van der Waals surface area contributed by atoms with E-state index in [4.69, 9.17) is 14.2 Å². The predicted octanol–water partition coefficient (Wildman–Crippen LogP) is 4.09. The van der Waals surface area contributed by atoms with Crippen LogP contribution in [0.3, 0.4) is 0 Å². The molecule has 0 aliphatic rings. The Bertz CT molecular complexity index is 504. The highest BCUT2D eigenvalue weighted by Gasteiger charge is 2.20. The lowest BCUT2D eigenvalue weighted by atomic mass is 10.0. The van der Waals surface area contributed by atoms with Crippen molar-refractivity contribution in [1.29, 1.82) is 0 Å². The maximum absolute atomic E-state index is 11.7. The van der Waals surface area contributed by atoms with Crippen LogP contribution >= 0.6 is 0 Å². The summed E-state index contributed by atoms with van der Waals surface area (Å²) in [5.74, 6) is 1.38. The molecule has 0 amide bonds. The zero-order chi connectivity index (χ0) is 15.8. The van der Waals surface area contributed by atoms with Gasteiger partial charge in [-0.1, -0.05) is 26.0 Å². The van der Waals surface area contributed by atoms with E-state index in [1.807, 2.05) is 19.9 Å². The Morgan fingerprint density at radius 2 is 1.76 bits per heavy atom. The summed E-state index contributed by atoms with van der Waals surface area (Å²) in [6, 6.07) is 3.67. The summed E-state index contributed by atoms with van der Waals surface area (Å²) in [5, 5.41) is 0. The van der Waals surface area contributed by atoms with Gasteiger partial charge in [-0.15, -0.1) is 0 Å². The quantitative estimate of drug-likeness (QED) is 0.431. The molecule has 0 heterocycles. The molecule has 21 heavy (non-hydrogen) atoms. The van der Waals surface area contributed by atoms with Crippen molar-refractivity contribution in [2.24, 2.45) is 0 Å². The summed E-state index contributed by atoms with van der Waals surface area (Å²) in [5.41, 5.74) is 1.03. The lowest BCUT2D eigenvalue weighted by Gasteiger charge is -2.19. The maximum atomic E-state index is 11.7. The summed E-state index contributed by atoms with van der Waals surface area (Å²) >= 11 is 0. The second-order valence-corrected chi connectivity index (χ2v) is 4.75. The van der Waals surface area contributed by atoms with Crippen molar-refractivity contribution >= 4 is 5.97 Å². The highest BCUT2D eigenvalue weighted by atomic mass is 16.6. The highest BCUT2D eigenvalue weighted by molar-refractivity contribution is 5.84. The molecule has 0 radical (unpaired) electrons. The lowest BCUT2D eigenvalue weighted by Crippen LogP contribution is -2.09. The molecule has 0 spiro atoms. The summed E-state index contributed by atoms with van der Waals surface area (Å²) in [6.07, 6.45) is 3.00. The van der Waals surface area contributed by atoms with Gasteiger partial charge < -0.3 is 14.2 Å². The molecule has 4 nitrogen and oxygen atoms in total. The van der Waals surface area contributed by atoms with Crippen molar-refractivity contribution in [3.05, 3.63) is 29.8 Å². The molecule has 0 saturated carbocycles. The number of hydrogen-bond acceptors (Lipinski definition) is 4. The van der Waals surface area contributed by atoms with E-state index in [2.05, 4.69) is 13.8 Å². The number of carbonyl (C=O) groups is 1. The molecule has 0 aliphatic heterocycles. The highest BCUT2D eigenvalue weighted by Crippen LogP contribution is 2.43.